The summed E-state index contributed by atoms with van der Waals surface area (Å²) in [4.78, 5) is 0. The number of hydrogen-bond donors (Lipinski definition) is 0. The van der Waals surface area contributed by atoms with Crippen molar-refractivity contribution in [2.75, 3.05) is 0 Å². The zero-order valence-corrected chi connectivity index (χ0v) is 7.56. The van der Waals surface area contributed by atoms with Crippen LogP contribution in [0.1, 0.15) is 11.1 Å². The third-order valence-corrected chi connectivity index (χ3v) is 2.38. The molecule has 0 aliphatic rings. The van der Waals surface area contributed by atoms with Crippen molar-refractivity contribution in [2.45, 2.75) is 13.8 Å². The summed E-state index contributed by atoms with van der Waals surface area (Å²) in [6, 6.07) is 6.45. The third kappa shape index (κ3) is 1.57. The number of rotatable bonds is 0. The van der Waals surface area contributed by atoms with E-state index in [0.717, 1.165) is 0 Å². The van der Waals surface area contributed by atoms with Gasteiger partial charge >= 0.3 is 63.6 Å². The zero-order valence-electron chi connectivity index (χ0n) is 5.68. The Balaban J connectivity index is 3.17. The Morgan fingerprint density at radius 2 is 1.89 bits per heavy atom. The van der Waals surface area contributed by atoms with Crippen molar-refractivity contribution in [3.8, 4) is 0 Å². The second-order valence-corrected chi connectivity index (χ2v) is 3.30. The molecule has 1 aromatic rings. The molecule has 0 N–H and O–H groups in total. The van der Waals surface area contributed by atoms with Gasteiger partial charge in [-0.3, -0.25) is 0 Å². The van der Waals surface area contributed by atoms with Gasteiger partial charge in [0.2, 0.25) is 0 Å². The molecule has 1 heteroatoms. The van der Waals surface area contributed by atoms with Crippen LogP contribution in [0.4, 0.5) is 0 Å². The van der Waals surface area contributed by atoms with Crippen molar-refractivity contribution in [3.05, 3.63) is 29.3 Å². The van der Waals surface area contributed by atoms with Crippen molar-refractivity contribution in [1.82, 2.24) is 0 Å². The molecule has 1 aromatic carbocycles. The summed E-state index contributed by atoms with van der Waals surface area (Å²) >= 11 is 2.58. The maximum absolute atomic E-state index is 2.58. The Morgan fingerprint density at radius 1 is 1.22 bits per heavy atom. The van der Waals surface area contributed by atoms with Gasteiger partial charge in [-0.05, 0) is 0 Å². The fourth-order valence-corrected chi connectivity index (χ4v) is 1.30. The van der Waals surface area contributed by atoms with Gasteiger partial charge < -0.3 is 0 Å². The van der Waals surface area contributed by atoms with Crippen molar-refractivity contribution in [1.29, 1.82) is 0 Å². The first kappa shape index (κ1) is 6.85. The Morgan fingerprint density at radius 3 is 2.33 bits per heavy atom. The molecule has 0 nitrogen and oxygen atoms in total. The van der Waals surface area contributed by atoms with Crippen molar-refractivity contribution in [3.63, 3.8) is 0 Å². The van der Waals surface area contributed by atoms with Gasteiger partial charge in [-0.15, -0.1) is 0 Å². The second kappa shape index (κ2) is 2.55. The zero-order chi connectivity index (χ0) is 6.85. The summed E-state index contributed by atoms with van der Waals surface area (Å²) in [5.74, 6) is 0. The molecule has 0 unspecified atom stereocenters. The fourth-order valence-electron chi connectivity index (χ4n) is 0.719. The minimum atomic E-state index is 1.32. The van der Waals surface area contributed by atoms with E-state index in [1.54, 1.807) is 0 Å². The molecule has 0 atom stereocenters. The Kier molecular flexibility index (Phi) is 1.94. The van der Waals surface area contributed by atoms with E-state index in [0.29, 0.717) is 0 Å². The first-order valence-corrected chi connectivity index (χ1v) is 3.90. The van der Waals surface area contributed by atoms with Crippen LogP contribution < -0.4 is 4.46 Å². The number of hydrogen-bond acceptors (Lipinski definition) is 0. The van der Waals surface area contributed by atoms with Crippen LogP contribution in [0.25, 0.3) is 0 Å². The van der Waals surface area contributed by atoms with Crippen LogP contribution in [0.5, 0.6) is 0 Å². The molecule has 0 aliphatic carbocycles. The normalized spacial score (nSPS) is 9.67. The monoisotopic (exact) mass is 186 g/mol. The molecule has 0 saturated heterocycles. The van der Waals surface area contributed by atoms with Gasteiger partial charge in [0, 0.05) is 0 Å². The summed E-state index contributed by atoms with van der Waals surface area (Å²) in [6.45, 7) is 4.23. The van der Waals surface area contributed by atoms with Crippen LogP contribution in [0.2, 0.25) is 0 Å². The molecule has 9 heavy (non-hydrogen) atoms. The molecule has 0 aliphatic heterocycles. The van der Waals surface area contributed by atoms with Crippen LogP contribution in [0, 0.1) is 13.8 Å². The third-order valence-electron chi connectivity index (χ3n) is 1.36. The standard InChI is InChI=1S/C8H10Se/c1-6-3-4-7(2)8(9)5-6/h3-5,9H,1-2H3. The van der Waals surface area contributed by atoms with Crippen molar-refractivity contribution >= 4 is 20.5 Å². The topological polar surface area (TPSA) is 0 Å². The van der Waals surface area contributed by atoms with Gasteiger partial charge in [0.15, 0.2) is 0 Å². The van der Waals surface area contributed by atoms with Gasteiger partial charge in [0.05, 0.1) is 0 Å². The molecule has 0 fully saturated rings. The molecule has 0 bridgehead atoms. The second-order valence-electron chi connectivity index (χ2n) is 2.29. The van der Waals surface area contributed by atoms with E-state index in [9.17, 15) is 0 Å². The Hall–Kier alpha value is -0.261. The summed E-state index contributed by atoms with van der Waals surface area (Å²) in [7, 11) is 0. The Bertz CT molecular complexity index is 216. The van der Waals surface area contributed by atoms with E-state index in [2.05, 4.69) is 48.1 Å². The average Bonchev–Trinajstić information content (AvgIpc) is 1.80. The number of aryl methyl sites for hydroxylation is 2. The molecule has 0 amide bonds. The van der Waals surface area contributed by atoms with Gasteiger partial charge in [-0.1, -0.05) is 0 Å². The van der Waals surface area contributed by atoms with E-state index in [1.165, 1.54) is 15.6 Å². The molecular formula is C8H10Se. The van der Waals surface area contributed by atoms with Gasteiger partial charge in [0.25, 0.3) is 0 Å². The fraction of sp³-hybridized carbons (Fsp3) is 0.250. The van der Waals surface area contributed by atoms with Gasteiger partial charge in [-0.2, -0.15) is 0 Å². The molecule has 0 heterocycles. The predicted molar refractivity (Wildman–Crippen MR) is 42.7 cm³/mol. The summed E-state index contributed by atoms with van der Waals surface area (Å²) in [5.41, 5.74) is 2.68. The van der Waals surface area contributed by atoms with Crippen LogP contribution in [-0.2, 0) is 0 Å². The molecule has 48 valence electrons. The molecule has 0 spiro atoms. The van der Waals surface area contributed by atoms with Crippen LogP contribution >= 0.6 is 0 Å². The molecule has 0 saturated carbocycles. The van der Waals surface area contributed by atoms with Crippen LogP contribution in [0.15, 0.2) is 18.2 Å². The van der Waals surface area contributed by atoms with Crippen LogP contribution in [-0.4, -0.2) is 16.0 Å². The summed E-state index contributed by atoms with van der Waals surface area (Å²) < 4.78 is 1.32. The summed E-state index contributed by atoms with van der Waals surface area (Å²) in [6.07, 6.45) is 0. The molecule has 1 rings (SSSR count). The Labute approximate surface area is 64.1 Å². The maximum atomic E-state index is 2.58. The van der Waals surface area contributed by atoms with Gasteiger partial charge in [0.1, 0.15) is 0 Å². The van der Waals surface area contributed by atoms with Crippen molar-refractivity contribution < 1.29 is 0 Å². The first-order chi connectivity index (χ1) is 4.20. The minimum absolute atomic E-state index is 1.32. The SMILES string of the molecule is Cc1ccc(C)c([SeH])c1. The van der Waals surface area contributed by atoms with E-state index >= 15 is 0 Å². The molecular weight excluding hydrogens is 175 g/mol. The van der Waals surface area contributed by atoms with E-state index < -0.39 is 0 Å². The average molecular weight is 185 g/mol. The molecule has 0 aromatic heterocycles. The predicted octanol–water partition coefficient (Wildman–Crippen LogP) is 0.830. The first-order valence-electron chi connectivity index (χ1n) is 2.96. The van der Waals surface area contributed by atoms with E-state index in [-0.39, 0.29) is 0 Å². The quantitative estimate of drug-likeness (QED) is 0.525. The van der Waals surface area contributed by atoms with Crippen molar-refractivity contribution in [2.24, 2.45) is 0 Å². The van der Waals surface area contributed by atoms with E-state index in [4.69, 9.17) is 0 Å². The van der Waals surface area contributed by atoms with Crippen LogP contribution in [0.3, 0.4) is 0 Å². The van der Waals surface area contributed by atoms with Gasteiger partial charge in [-0.25, -0.2) is 0 Å². The number of benzene rings is 1. The van der Waals surface area contributed by atoms with E-state index in [1.807, 2.05) is 0 Å². The summed E-state index contributed by atoms with van der Waals surface area (Å²) in [5, 5.41) is 0. The molecule has 0 radical (unpaired) electrons.